The van der Waals surface area contributed by atoms with Crippen LogP contribution in [0.25, 0.3) is 0 Å². The molecular formula is C9H14ClN3O2S. The van der Waals surface area contributed by atoms with E-state index >= 15 is 0 Å². The van der Waals surface area contributed by atoms with E-state index in [2.05, 4.69) is 17.0 Å². The maximum Gasteiger partial charge on any atom is 0.278 e. The molecule has 1 aliphatic heterocycles. The number of aromatic nitrogens is 2. The summed E-state index contributed by atoms with van der Waals surface area (Å²) in [6.45, 7) is 1.90. The molecule has 90 valence electrons. The summed E-state index contributed by atoms with van der Waals surface area (Å²) in [6, 6.07) is 1.58. The molecule has 0 aliphatic carbocycles. The van der Waals surface area contributed by atoms with E-state index in [9.17, 15) is 8.42 Å². The minimum atomic E-state index is -3.69. The van der Waals surface area contributed by atoms with E-state index in [0.717, 1.165) is 25.9 Å². The topological polar surface area (TPSA) is 55.2 Å². The summed E-state index contributed by atoms with van der Waals surface area (Å²) in [6.07, 6.45) is 3.28. The van der Waals surface area contributed by atoms with Crippen LogP contribution < -0.4 is 0 Å². The fraction of sp³-hybridized carbons (Fsp3) is 0.667. The molecule has 0 atom stereocenters. The van der Waals surface area contributed by atoms with Crippen LogP contribution in [0.5, 0.6) is 0 Å². The lowest BCUT2D eigenvalue weighted by Gasteiger charge is -2.29. The van der Waals surface area contributed by atoms with Crippen LogP contribution >= 0.6 is 10.7 Å². The Labute approximate surface area is 99.4 Å². The van der Waals surface area contributed by atoms with Crippen molar-refractivity contribution in [2.45, 2.75) is 23.9 Å². The summed E-state index contributed by atoms with van der Waals surface area (Å²) in [4.78, 5) is 2.22. The minimum Gasteiger partial charge on any atom is -0.306 e. The molecule has 0 radical (unpaired) electrons. The fourth-order valence-corrected chi connectivity index (χ4v) is 3.02. The molecule has 1 aromatic rings. The third kappa shape index (κ3) is 2.39. The first-order valence-corrected chi connectivity index (χ1v) is 7.46. The van der Waals surface area contributed by atoms with Crippen LogP contribution in [0.15, 0.2) is 17.3 Å². The van der Waals surface area contributed by atoms with Gasteiger partial charge >= 0.3 is 0 Å². The first kappa shape index (κ1) is 11.9. The Kier molecular flexibility index (Phi) is 3.23. The summed E-state index contributed by atoms with van der Waals surface area (Å²) in [5.41, 5.74) is 0. The molecule has 16 heavy (non-hydrogen) atoms. The van der Waals surface area contributed by atoms with Crippen molar-refractivity contribution >= 4 is 19.7 Å². The Morgan fingerprint density at radius 1 is 1.44 bits per heavy atom. The summed E-state index contributed by atoms with van der Waals surface area (Å²) in [5, 5.41) is 4.17. The van der Waals surface area contributed by atoms with Crippen molar-refractivity contribution in [3.05, 3.63) is 12.3 Å². The number of halogens is 1. The number of likely N-dealkylation sites (tertiary alicyclic amines) is 1. The summed E-state index contributed by atoms with van der Waals surface area (Å²) in [5.74, 6) is 0. The highest BCUT2D eigenvalue weighted by molar-refractivity contribution is 8.13. The average Bonchev–Trinajstić information content (AvgIpc) is 2.66. The van der Waals surface area contributed by atoms with Gasteiger partial charge in [0.2, 0.25) is 0 Å². The zero-order valence-corrected chi connectivity index (χ0v) is 10.6. The molecule has 0 unspecified atom stereocenters. The highest BCUT2D eigenvalue weighted by Crippen LogP contribution is 2.25. The van der Waals surface area contributed by atoms with Gasteiger partial charge in [0.15, 0.2) is 5.03 Å². The third-order valence-corrected chi connectivity index (χ3v) is 4.21. The Balaban J connectivity index is 2.25. The highest BCUT2D eigenvalue weighted by Gasteiger charge is 2.24. The zero-order valence-electron chi connectivity index (χ0n) is 9.00. The van der Waals surface area contributed by atoms with Gasteiger partial charge in [-0.15, -0.1) is 0 Å². The molecule has 5 nitrogen and oxygen atoms in total. The SMILES string of the molecule is CN1CCC(n2nccc2S(=O)(=O)Cl)CC1. The molecule has 0 saturated carbocycles. The van der Waals surface area contributed by atoms with E-state index < -0.39 is 9.05 Å². The lowest BCUT2D eigenvalue weighted by Crippen LogP contribution is -2.32. The summed E-state index contributed by atoms with van der Waals surface area (Å²) < 4.78 is 24.2. The van der Waals surface area contributed by atoms with E-state index in [1.54, 1.807) is 0 Å². The van der Waals surface area contributed by atoms with E-state index in [4.69, 9.17) is 10.7 Å². The predicted molar refractivity (Wildman–Crippen MR) is 61.0 cm³/mol. The monoisotopic (exact) mass is 263 g/mol. The quantitative estimate of drug-likeness (QED) is 0.750. The average molecular weight is 264 g/mol. The summed E-state index contributed by atoms with van der Waals surface area (Å²) in [7, 11) is 3.71. The van der Waals surface area contributed by atoms with Crippen molar-refractivity contribution in [1.82, 2.24) is 14.7 Å². The molecular weight excluding hydrogens is 250 g/mol. The molecule has 0 aromatic carbocycles. The van der Waals surface area contributed by atoms with Crippen molar-refractivity contribution in [1.29, 1.82) is 0 Å². The molecule has 2 rings (SSSR count). The number of hydrogen-bond acceptors (Lipinski definition) is 4. The van der Waals surface area contributed by atoms with Gasteiger partial charge < -0.3 is 4.90 Å². The van der Waals surface area contributed by atoms with Crippen molar-refractivity contribution < 1.29 is 8.42 Å². The lowest BCUT2D eigenvalue weighted by atomic mass is 10.1. The van der Waals surface area contributed by atoms with Crippen molar-refractivity contribution in [2.75, 3.05) is 20.1 Å². The van der Waals surface area contributed by atoms with Gasteiger partial charge in [-0.05, 0) is 39.0 Å². The molecule has 1 saturated heterocycles. The Morgan fingerprint density at radius 2 is 2.06 bits per heavy atom. The smallest absolute Gasteiger partial charge is 0.278 e. The number of nitrogens with zero attached hydrogens (tertiary/aromatic N) is 3. The third-order valence-electron chi connectivity index (χ3n) is 2.92. The normalized spacial score (nSPS) is 20.1. The predicted octanol–water partition coefficient (Wildman–Crippen LogP) is 1.08. The van der Waals surface area contributed by atoms with Gasteiger partial charge in [0.1, 0.15) is 0 Å². The van der Waals surface area contributed by atoms with Gasteiger partial charge in [0, 0.05) is 10.7 Å². The maximum atomic E-state index is 11.3. The molecule has 7 heteroatoms. The van der Waals surface area contributed by atoms with Crippen LogP contribution in [0.2, 0.25) is 0 Å². The van der Waals surface area contributed by atoms with Crippen LogP contribution in [0, 0.1) is 0 Å². The molecule has 0 spiro atoms. The number of piperidine rings is 1. The molecule has 0 N–H and O–H groups in total. The second kappa shape index (κ2) is 4.35. The van der Waals surface area contributed by atoms with Crippen molar-refractivity contribution in [2.24, 2.45) is 0 Å². The van der Waals surface area contributed by atoms with Crippen molar-refractivity contribution in [3.63, 3.8) is 0 Å². The number of hydrogen-bond donors (Lipinski definition) is 0. The fourth-order valence-electron chi connectivity index (χ4n) is 2.01. The van der Waals surface area contributed by atoms with E-state index in [1.807, 2.05) is 0 Å². The zero-order chi connectivity index (χ0) is 11.8. The lowest BCUT2D eigenvalue weighted by molar-refractivity contribution is 0.205. The second-order valence-electron chi connectivity index (χ2n) is 4.09. The van der Waals surface area contributed by atoms with Gasteiger partial charge in [-0.1, -0.05) is 0 Å². The Hall–Kier alpha value is -0.590. The number of rotatable bonds is 2. The van der Waals surface area contributed by atoms with E-state index in [1.165, 1.54) is 16.9 Å². The molecule has 0 bridgehead atoms. The Morgan fingerprint density at radius 3 is 2.62 bits per heavy atom. The molecule has 1 aromatic heterocycles. The largest absolute Gasteiger partial charge is 0.306 e. The van der Waals surface area contributed by atoms with Gasteiger partial charge in [-0.2, -0.15) is 5.10 Å². The van der Waals surface area contributed by atoms with Crippen molar-refractivity contribution in [3.8, 4) is 0 Å². The maximum absolute atomic E-state index is 11.3. The first-order valence-electron chi connectivity index (χ1n) is 5.15. The van der Waals surface area contributed by atoms with E-state index in [-0.39, 0.29) is 11.1 Å². The minimum absolute atomic E-state index is 0.101. The van der Waals surface area contributed by atoms with Crippen LogP contribution in [0.1, 0.15) is 18.9 Å². The van der Waals surface area contributed by atoms with Crippen LogP contribution in [-0.4, -0.2) is 43.2 Å². The van der Waals surface area contributed by atoms with Crippen LogP contribution in [-0.2, 0) is 9.05 Å². The van der Waals surface area contributed by atoms with Gasteiger partial charge in [0.05, 0.1) is 12.2 Å². The molecule has 1 fully saturated rings. The highest BCUT2D eigenvalue weighted by atomic mass is 35.7. The van der Waals surface area contributed by atoms with Crippen LogP contribution in [0.3, 0.4) is 0 Å². The summed E-state index contributed by atoms with van der Waals surface area (Å²) >= 11 is 0. The molecule has 0 amide bonds. The first-order chi connectivity index (χ1) is 7.48. The molecule has 2 heterocycles. The standard InChI is InChI=1S/C9H14ClN3O2S/c1-12-6-3-8(4-7-12)13-9(2-5-11-13)16(10,14)15/h2,5,8H,3-4,6-7H2,1H3. The van der Waals surface area contributed by atoms with Gasteiger partial charge in [-0.3, -0.25) is 0 Å². The van der Waals surface area contributed by atoms with Crippen LogP contribution in [0.4, 0.5) is 0 Å². The van der Waals surface area contributed by atoms with E-state index in [0.29, 0.717) is 0 Å². The second-order valence-corrected chi connectivity index (χ2v) is 6.60. The van der Waals surface area contributed by atoms with Gasteiger partial charge in [0.25, 0.3) is 9.05 Å². The molecule has 1 aliphatic rings. The Bertz CT molecular complexity index is 463. The van der Waals surface area contributed by atoms with Gasteiger partial charge in [-0.25, -0.2) is 13.1 Å².